The first-order valence-electron chi connectivity index (χ1n) is 5.98. The summed E-state index contributed by atoms with van der Waals surface area (Å²) in [5, 5.41) is 3.93. The summed E-state index contributed by atoms with van der Waals surface area (Å²) in [4.78, 5) is 2.16. The van der Waals surface area contributed by atoms with Crippen LogP contribution in [-0.2, 0) is 6.54 Å². The molecule has 0 saturated carbocycles. The van der Waals surface area contributed by atoms with Gasteiger partial charge < -0.3 is 10.2 Å². The number of rotatable bonds is 4. The van der Waals surface area contributed by atoms with Gasteiger partial charge in [0, 0.05) is 23.7 Å². The normalized spacial score (nSPS) is 20.1. The van der Waals surface area contributed by atoms with E-state index in [-0.39, 0.29) is 5.82 Å². The van der Waals surface area contributed by atoms with Crippen molar-refractivity contribution >= 4 is 11.6 Å². The molecule has 1 unspecified atom stereocenters. The van der Waals surface area contributed by atoms with Gasteiger partial charge in [0.2, 0.25) is 0 Å². The summed E-state index contributed by atoms with van der Waals surface area (Å²) in [5.74, 6) is 0.507. The third-order valence-corrected chi connectivity index (χ3v) is 3.42. The van der Waals surface area contributed by atoms with Crippen LogP contribution in [0.1, 0.15) is 12.0 Å². The zero-order valence-electron chi connectivity index (χ0n) is 10.0. The van der Waals surface area contributed by atoms with Gasteiger partial charge in [-0.3, -0.25) is 0 Å². The van der Waals surface area contributed by atoms with Crippen LogP contribution in [-0.4, -0.2) is 31.6 Å². The molecule has 1 heterocycles. The van der Waals surface area contributed by atoms with Crippen LogP contribution in [0.4, 0.5) is 4.39 Å². The van der Waals surface area contributed by atoms with Crippen LogP contribution in [0.5, 0.6) is 0 Å². The Hall–Kier alpha value is -0.640. The summed E-state index contributed by atoms with van der Waals surface area (Å²) >= 11 is 5.88. The summed E-state index contributed by atoms with van der Waals surface area (Å²) in [6.07, 6.45) is 1.21. The fraction of sp³-hybridized carbons (Fsp3) is 0.538. The van der Waals surface area contributed by atoms with Crippen molar-refractivity contribution in [3.63, 3.8) is 0 Å². The Morgan fingerprint density at radius 1 is 1.53 bits per heavy atom. The van der Waals surface area contributed by atoms with Gasteiger partial charge >= 0.3 is 0 Å². The molecular weight excluding hydrogens is 239 g/mol. The fourth-order valence-corrected chi connectivity index (χ4v) is 2.53. The van der Waals surface area contributed by atoms with Gasteiger partial charge in [0.25, 0.3) is 0 Å². The zero-order valence-corrected chi connectivity index (χ0v) is 10.8. The predicted molar refractivity (Wildman–Crippen MR) is 68.7 cm³/mol. The van der Waals surface area contributed by atoms with E-state index in [9.17, 15) is 4.39 Å². The molecule has 0 radical (unpaired) electrons. The lowest BCUT2D eigenvalue weighted by Gasteiger charge is -2.20. The lowest BCUT2D eigenvalue weighted by molar-refractivity contribution is 0.275. The minimum Gasteiger partial charge on any atom is -0.316 e. The van der Waals surface area contributed by atoms with Gasteiger partial charge in [0.15, 0.2) is 0 Å². The van der Waals surface area contributed by atoms with Gasteiger partial charge in [-0.1, -0.05) is 11.6 Å². The van der Waals surface area contributed by atoms with E-state index in [1.165, 1.54) is 12.5 Å². The summed E-state index contributed by atoms with van der Waals surface area (Å²) in [6.45, 7) is 3.79. The maximum absolute atomic E-state index is 13.5. The highest BCUT2D eigenvalue weighted by molar-refractivity contribution is 6.30. The number of benzene rings is 1. The van der Waals surface area contributed by atoms with Gasteiger partial charge in [-0.25, -0.2) is 4.39 Å². The van der Waals surface area contributed by atoms with E-state index in [4.69, 9.17) is 11.6 Å². The molecule has 0 spiro atoms. The van der Waals surface area contributed by atoms with E-state index >= 15 is 0 Å². The molecule has 2 nitrogen and oxygen atoms in total. The quantitative estimate of drug-likeness (QED) is 0.891. The van der Waals surface area contributed by atoms with Crippen molar-refractivity contribution in [2.24, 2.45) is 5.92 Å². The summed E-state index contributed by atoms with van der Waals surface area (Å²) in [6, 6.07) is 4.73. The molecule has 1 saturated heterocycles. The van der Waals surface area contributed by atoms with Crippen LogP contribution in [0.25, 0.3) is 0 Å². The Morgan fingerprint density at radius 3 is 3.06 bits per heavy atom. The lowest BCUT2D eigenvalue weighted by atomic mass is 10.1. The van der Waals surface area contributed by atoms with Gasteiger partial charge in [0.1, 0.15) is 5.82 Å². The Balaban J connectivity index is 1.92. The summed E-state index contributed by atoms with van der Waals surface area (Å²) in [7, 11) is 2.03. The van der Waals surface area contributed by atoms with Crippen LogP contribution in [0, 0.1) is 11.7 Å². The molecular formula is C13H18ClFN2. The molecule has 1 aliphatic rings. The average Bonchev–Trinajstić information content (AvgIpc) is 2.76. The Bertz CT molecular complexity index is 378. The lowest BCUT2D eigenvalue weighted by Crippen LogP contribution is -2.27. The van der Waals surface area contributed by atoms with Crippen LogP contribution >= 0.6 is 11.6 Å². The number of nitrogens with one attached hydrogen (secondary N) is 1. The summed E-state index contributed by atoms with van der Waals surface area (Å²) in [5.41, 5.74) is 0.672. The van der Waals surface area contributed by atoms with Crippen molar-refractivity contribution in [1.82, 2.24) is 10.2 Å². The van der Waals surface area contributed by atoms with Crippen molar-refractivity contribution in [1.29, 1.82) is 0 Å². The predicted octanol–water partition coefficient (Wildman–Crippen LogP) is 2.52. The van der Waals surface area contributed by atoms with Crippen LogP contribution in [0.2, 0.25) is 5.02 Å². The maximum Gasteiger partial charge on any atom is 0.127 e. The van der Waals surface area contributed by atoms with Gasteiger partial charge in [-0.2, -0.15) is 0 Å². The van der Waals surface area contributed by atoms with E-state index in [0.717, 1.165) is 19.6 Å². The van der Waals surface area contributed by atoms with E-state index < -0.39 is 0 Å². The number of hydrogen-bond acceptors (Lipinski definition) is 2. The smallest absolute Gasteiger partial charge is 0.127 e. The van der Waals surface area contributed by atoms with Gasteiger partial charge in [-0.15, -0.1) is 0 Å². The minimum atomic E-state index is -0.175. The molecule has 1 atom stereocenters. The second-order valence-electron chi connectivity index (χ2n) is 4.79. The maximum atomic E-state index is 13.5. The van der Waals surface area contributed by atoms with Crippen molar-refractivity contribution in [2.75, 3.05) is 26.7 Å². The standard InChI is InChI=1S/C13H18ClFN2/c1-17(8-10-4-5-16-7-10)9-11-6-12(14)2-3-13(11)15/h2-3,6,10,16H,4-5,7-9H2,1H3. The highest BCUT2D eigenvalue weighted by atomic mass is 35.5. The Labute approximate surface area is 107 Å². The first kappa shape index (κ1) is 12.8. The highest BCUT2D eigenvalue weighted by Crippen LogP contribution is 2.17. The fourth-order valence-electron chi connectivity index (χ4n) is 2.33. The second-order valence-corrected chi connectivity index (χ2v) is 5.23. The highest BCUT2D eigenvalue weighted by Gasteiger charge is 2.17. The minimum absolute atomic E-state index is 0.175. The third-order valence-electron chi connectivity index (χ3n) is 3.18. The van der Waals surface area contributed by atoms with E-state index in [2.05, 4.69) is 10.2 Å². The van der Waals surface area contributed by atoms with Gasteiger partial charge in [-0.05, 0) is 50.7 Å². The summed E-state index contributed by atoms with van der Waals surface area (Å²) < 4.78 is 13.5. The number of hydrogen-bond donors (Lipinski definition) is 1. The molecule has 1 aromatic carbocycles. The van der Waals surface area contributed by atoms with E-state index in [1.807, 2.05) is 7.05 Å². The topological polar surface area (TPSA) is 15.3 Å². The molecule has 0 bridgehead atoms. The molecule has 2 rings (SSSR count). The van der Waals surface area contributed by atoms with Crippen molar-refractivity contribution in [3.8, 4) is 0 Å². The molecule has 1 aromatic rings. The third kappa shape index (κ3) is 3.66. The van der Waals surface area contributed by atoms with Crippen molar-refractivity contribution in [3.05, 3.63) is 34.6 Å². The van der Waals surface area contributed by atoms with E-state index in [0.29, 0.717) is 23.0 Å². The largest absolute Gasteiger partial charge is 0.316 e. The molecule has 0 aromatic heterocycles. The Kier molecular flexibility index (Phi) is 4.37. The molecule has 1 N–H and O–H groups in total. The van der Waals surface area contributed by atoms with E-state index in [1.54, 1.807) is 12.1 Å². The zero-order chi connectivity index (χ0) is 12.3. The van der Waals surface area contributed by atoms with Gasteiger partial charge in [0.05, 0.1) is 0 Å². The molecule has 1 aliphatic heterocycles. The molecule has 1 fully saturated rings. The SMILES string of the molecule is CN(Cc1cc(Cl)ccc1F)CC1CCNC1. The molecule has 0 aliphatic carbocycles. The number of halogens is 2. The van der Waals surface area contributed by atoms with Crippen molar-refractivity contribution < 1.29 is 4.39 Å². The van der Waals surface area contributed by atoms with Crippen LogP contribution < -0.4 is 5.32 Å². The molecule has 4 heteroatoms. The molecule has 94 valence electrons. The number of nitrogens with zero attached hydrogens (tertiary/aromatic N) is 1. The Morgan fingerprint density at radius 2 is 2.35 bits per heavy atom. The first-order chi connectivity index (χ1) is 8.15. The molecule has 17 heavy (non-hydrogen) atoms. The monoisotopic (exact) mass is 256 g/mol. The first-order valence-corrected chi connectivity index (χ1v) is 6.36. The second kappa shape index (κ2) is 5.80. The van der Waals surface area contributed by atoms with Crippen molar-refractivity contribution in [2.45, 2.75) is 13.0 Å². The molecule has 0 amide bonds. The van der Waals surface area contributed by atoms with Crippen LogP contribution in [0.3, 0.4) is 0 Å². The average molecular weight is 257 g/mol. The van der Waals surface area contributed by atoms with Crippen LogP contribution in [0.15, 0.2) is 18.2 Å².